The Bertz CT molecular complexity index is 681. The van der Waals surface area contributed by atoms with Crippen molar-refractivity contribution in [3.8, 4) is 0 Å². The molecular weight excluding hydrogens is 301 g/mol. The van der Waals surface area contributed by atoms with Crippen molar-refractivity contribution in [2.24, 2.45) is 0 Å². The minimum atomic E-state index is -0.438. The maximum Gasteiger partial charge on any atom is 0.225 e. The van der Waals surface area contributed by atoms with Gasteiger partial charge in [0.1, 0.15) is 5.82 Å². The largest absolute Gasteiger partial charge is 0.349 e. The summed E-state index contributed by atoms with van der Waals surface area (Å²) in [6.45, 7) is 0. The van der Waals surface area contributed by atoms with Gasteiger partial charge in [-0.2, -0.15) is 0 Å². The molecule has 0 saturated carbocycles. The number of hydrogen-bond acceptors (Lipinski definition) is 1. The van der Waals surface area contributed by atoms with Crippen LogP contribution in [-0.2, 0) is 17.6 Å². The van der Waals surface area contributed by atoms with Gasteiger partial charge in [-0.15, -0.1) is 0 Å². The minimum Gasteiger partial charge on any atom is -0.349 e. The number of carbonyl (C=O) groups excluding carboxylic acids is 1. The van der Waals surface area contributed by atoms with E-state index in [0.29, 0.717) is 5.02 Å². The molecule has 0 unspecified atom stereocenters. The van der Waals surface area contributed by atoms with Gasteiger partial charge >= 0.3 is 0 Å². The van der Waals surface area contributed by atoms with Crippen LogP contribution in [0.15, 0.2) is 42.5 Å². The van der Waals surface area contributed by atoms with Crippen molar-refractivity contribution in [1.82, 2.24) is 5.32 Å². The van der Waals surface area contributed by atoms with Crippen LogP contribution >= 0.6 is 11.6 Å². The van der Waals surface area contributed by atoms with Crippen LogP contribution in [0.25, 0.3) is 0 Å². The predicted molar refractivity (Wildman–Crippen MR) is 85.4 cm³/mol. The van der Waals surface area contributed by atoms with Crippen molar-refractivity contribution >= 4 is 17.5 Å². The summed E-state index contributed by atoms with van der Waals surface area (Å²) in [4.78, 5) is 12.3. The molecule has 0 heterocycles. The van der Waals surface area contributed by atoms with Crippen LogP contribution in [0.1, 0.15) is 35.6 Å². The van der Waals surface area contributed by atoms with E-state index in [1.54, 1.807) is 6.07 Å². The second-order valence-corrected chi connectivity index (χ2v) is 6.00. The van der Waals surface area contributed by atoms with Crippen molar-refractivity contribution in [3.05, 3.63) is 70.0 Å². The summed E-state index contributed by atoms with van der Waals surface area (Å²) in [5.74, 6) is -0.639. The third-order valence-corrected chi connectivity index (χ3v) is 4.46. The molecule has 1 atom stereocenters. The molecule has 0 radical (unpaired) electrons. The predicted octanol–water partition coefficient (Wildman–Crippen LogP) is 4.22. The fourth-order valence-electron chi connectivity index (χ4n) is 3.01. The number of fused-ring (bicyclic) bond motifs is 1. The SMILES string of the molecule is O=C(Cc1c(F)cccc1Cl)N[C@H]1CCCc2ccccc21. The summed E-state index contributed by atoms with van der Waals surface area (Å²) in [6, 6.07) is 12.6. The summed E-state index contributed by atoms with van der Waals surface area (Å²) in [5, 5.41) is 3.30. The Balaban J connectivity index is 1.73. The number of hydrogen-bond donors (Lipinski definition) is 1. The van der Waals surface area contributed by atoms with Crippen LogP contribution in [0.5, 0.6) is 0 Å². The van der Waals surface area contributed by atoms with Crippen molar-refractivity contribution in [2.75, 3.05) is 0 Å². The molecule has 2 aromatic rings. The lowest BCUT2D eigenvalue weighted by Gasteiger charge is -2.26. The molecule has 0 aromatic heterocycles. The van der Waals surface area contributed by atoms with Crippen LogP contribution in [-0.4, -0.2) is 5.91 Å². The molecule has 1 aliphatic carbocycles. The van der Waals surface area contributed by atoms with Crippen LogP contribution in [0.3, 0.4) is 0 Å². The number of nitrogens with one attached hydrogen (secondary N) is 1. The maximum atomic E-state index is 13.8. The number of halogens is 2. The van der Waals surface area contributed by atoms with Crippen LogP contribution in [0, 0.1) is 5.82 Å². The van der Waals surface area contributed by atoms with E-state index in [-0.39, 0.29) is 23.9 Å². The average Bonchev–Trinajstić information content (AvgIpc) is 2.51. The second-order valence-electron chi connectivity index (χ2n) is 5.59. The molecule has 114 valence electrons. The average molecular weight is 318 g/mol. The lowest BCUT2D eigenvalue weighted by atomic mass is 9.87. The number of aryl methyl sites for hydroxylation is 1. The summed E-state index contributed by atoms with van der Waals surface area (Å²) in [5.41, 5.74) is 2.70. The summed E-state index contributed by atoms with van der Waals surface area (Å²) in [6.07, 6.45) is 2.96. The summed E-state index contributed by atoms with van der Waals surface area (Å²) in [7, 11) is 0. The quantitative estimate of drug-likeness (QED) is 0.902. The first-order chi connectivity index (χ1) is 10.6. The Morgan fingerprint density at radius 3 is 2.86 bits per heavy atom. The first-order valence-corrected chi connectivity index (χ1v) is 7.83. The topological polar surface area (TPSA) is 29.1 Å². The van der Waals surface area contributed by atoms with Gasteiger partial charge < -0.3 is 5.32 Å². The molecule has 1 N–H and O–H groups in total. The van der Waals surface area contributed by atoms with E-state index in [4.69, 9.17) is 11.6 Å². The first kappa shape index (κ1) is 15.0. The Hall–Kier alpha value is -1.87. The molecule has 4 heteroatoms. The Morgan fingerprint density at radius 2 is 2.05 bits per heavy atom. The Labute approximate surface area is 134 Å². The number of carbonyl (C=O) groups is 1. The highest BCUT2D eigenvalue weighted by Gasteiger charge is 2.22. The maximum absolute atomic E-state index is 13.8. The Kier molecular flexibility index (Phi) is 4.44. The smallest absolute Gasteiger partial charge is 0.225 e. The molecule has 0 spiro atoms. The van der Waals surface area contributed by atoms with E-state index in [0.717, 1.165) is 19.3 Å². The van der Waals surface area contributed by atoms with Crippen molar-refractivity contribution in [3.63, 3.8) is 0 Å². The van der Waals surface area contributed by atoms with Gasteiger partial charge in [-0.25, -0.2) is 4.39 Å². The van der Waals surface area contributed by atoms with Gasteiger partial charge in [0.25, 0.3) is 0 Å². The van der Waals surface area contributed by atoms with Gasteiger partial charge in [0.05, 0.1) is 12.5 Å². The van der Waals surface area contributed by atoms with Gasteiger partial charge in [0.2, 0.25) is 5.91 Å². The number of benzene rings is 2. The van der Waals surface area contributed by atoms with Gasteiger partial charge in [-0.3, -0.25) is 4.79 Å². The zero-order valence-corrected chi connectivity index (χ0v) is 12.9. The van der Waals surface area contributed by atoms with Crippen LogP contribution < -0.4 is 5.32 Å². The van der Waals surface area contributed by atoms with Crippen LogP contribution in [0.4, 0.5) is 4.39 Å². The van der Waals surface area contributed by atoms with Crippen molar-refractivity contribution in [1.29, 1.82) is 0 Å². The highest BCUT2D eigenvalue weighted by Crippen LogP contribution is 2.29. The molecule has 0 bridgehead atoms. The molecule has 3 rings (SSSR count). The van der Waals surface area contributed by atoms with E-state index in [2.05, 4.69) is 17.4 Å². The van der Waals surface area contributed by atoms with Gasteiger partial charge in [0.15, 0.2) is 0 Å². The lowest BCUT2D eigenvalue weighted by Crippen LogP contribution is -2.32. The monoisotopic (exact) mass is 317 g/mol. The third-order valence-electron chi connectivity index (χ3n) is 4.10. The third kappa shape index (κ3) is 3.14. The molecule has 1 aliphatic rings. The van der Waals surface area contributed by atoms with Crippen molar-refractivity contribution < 1.29 is 9.18 Å². The van der Waals surface area contributed by atoms with E-state index < -0.39 is 5.82 Å². The summed E-state index contributed by atoms with van der Waals surface area (Å²) >= 11 is 5.98. The zero-order valence-electron chi connectivity index (χ0n) is 12.1. The molecule has 22 heavy (non-hydrogen) atoms. The fraction of sp³-hybridized carbons (Fsp3) is 0.278. The Morgan fingerprint density at radius 1 is 1.23 bits per heavy atom. The molecule has 0 aliphatic heterocycles. The van der Waals surface area contributed by atoms with Gasteiger partial charge in [-0.05, 0) is 42.5 Å². The standard InChI is InChI=1S/C18H17ClFNO/c19-15-8-4-9-16(20)14(15)11-18(22)21-17-10-3-6-12-5-1-2-7-13(12)17/h1-2,4-5,7-9,17H,3,6,10-11H2,(H,21,22)/t17-/m0/s1. The number of amides is 1. The fourth-order valence-corrected chi connectivity index (χ4v) is 3.24. The molecule has 2 nitrogen and oxygen atoms in total. The first-order valence-electron chi connectivity index (χ1n) is 7.45. The van der Waals surface area contributed by atoms with E-state index >= 15 is 0 Å². The molecule has 2 aromatic carbocycles. The van der Waals surface area contributed by atoms with Gasteiger partial charge in [0, 0.05) is 10.6 Å². The normalized spacial score (nSPS) is 16.9. The molecule has 0 saturated heterocycles. The lowest BCUT2D eigenvalue weighted by molar-refractivity contribution is -0.121. The molecular formula is C18H17ClFNO. The zero-order chi connectivity index (χ0) is 15.5. The highest BCUT2D eigenvalue weighted by molar-refractivity contribution is 6.31. The van der Waals surface area contributed by atoms with E-state index in [9.17, 15) is 9.18 Å². The van der Waals surface area contributed by atoms with E-state index in [1.807, 2.05) is 12.1 Å². The molecule has 1 amide bonds. The minimum absolute atomic E-state index is 0.00278. The summed E-state index contributed by atoms with van der Waals surface area (Å²) < 4.78 is 13.8. The van der Waals surface area contributed by atoms with E-state index in [1.165, 1.54) is 23.3 Å². The van der Waals surface area contributed by atoms with Gasteiger partial charge in [-0.1, -0.05) is 41.9 Å². The van der Waals surface area contributed by atoms with Crippen LogP contribution in [0.2, 0.25) is 5.02 Å². The second kappa shape index (κ2) is 6.49. The van der Waals surface area contributed by atoms with Crippen molar-refractivity contribution in [2.45, 2.75) is 31.7 Å². The highest BCUT2D eigenvalue weighted by atomic mass is 35.5. The number of rotatable bonds is 3. The molecule has 0 fully saturated rings.